The van der Waals surface area contributed by atoms with Crippen molar-refractivity contribution in [3.8, 4) is 11.5 Å². The SMILES string of the molecule is COc1ccc(CCC(=O)NCc2nc(C)c(C)s2)cc1OC. The summed E-state index contributed by atoms with van der Waals surface area (Å²) in [6.45, 7) is 4.51. The number of benzene rings is 1. The Morgan fingerprint density at radius 3 is 2.57 bits per heavy atom. The van der Waals surface area contributed by atoms with Gasteiger partial charge in [-0.15, -0.1) is 11.3 Å². The number of carbonyl (C=O) groups excluding carboxylic acids is 1. The van der Waals surface area contributed by atoms with Gasteiger partial charge in [-0.25, -0.2) is 4.98 Å². The van der Waals surface area contributed by atoms with E-state index in [-0.39, 0.29) is 5.91 Å². The Morgan fingerprint density at radius 2 is 1.96 bits per heavy atom. The molecule has 6 heteroatoms. The highest BCUT2D eigenvalue weighted by Gasteiger charge is 2.08. The maximum absolute atomic E-state index is 12.0. The van der Waals surface area contributed by atoms with E-state index in [0.717, 1.165) is 16.3 Å². The summed E-state index contributed by atoms with van der Waals surface area (Å²) in [4.78, 5) is 17.6. The lowest BCUT2D eigenvalue weighted by Gasteiger charge is -2.09. The van der Waals surface area contributed by atoms with Crippen molar-refractivity contribution in [3.05, 3.63) is 39.3 Å². The number of aromatic nitrogens is 1. The molecule has 1 heterocycles. The van der Waals surface area contributed by atoms with Gasteiger partial charge < -0.3 is 14.8 Å². The smallest absolute Gasteiger partial charge is 0.220 e. The third-order valence-electron chi connectivity index (χ3n) is 3.60. The van der Waals surface area contributed by atoms with E-state index in [9.17, 15) is 4.79 Å². The minimum atomic E-state index is 0.0188. The van der Waals surface area contributed by atoms with E-state index >= 15 is 0 Å². The Bertz CT molecular complexity index is 663. The minimum absolute atomic E-state index is 0.0188. The van der Waals surface area contributed by atoms with E-state index in [4.69, 9.17) is 9.47 Å². The number of rotatable bonds is 7. The minimum Gasteiger partial charge on any atom is -0.493 e. The van der Waals surface area contributed by atoms with Gasteiger partial charge in [0, 0.05) is 11.3 Å². The first kappa shape index (κ1) is 17.3. The highest BCUT2D eigenvalue weighted by molar-refractivity contribution is 7.11. The zero-order valence-electron chi connectivity index (χ0n) is 13.9. The maximum Gasteiger partial charge on any atom is 0.220 e. The molecular weight excluding hydrogens is 312 g/mol. The zero-order valence-corrected chi connectivity index (χ0v) is 14.8. The predicted octanol–water partition coefficient (Wildman–Crippen LogP) is 3.03. The average Bonchev–Trinajstić information content (AvgIpc) is 2.88. The van der Waals surface area contributed by atoms with Crippen LogP contribution in [0, 0.1) is 13.8 Å². The standard InChI is InChI=1S/C17H22N2O3S/c1-11-12(2)23-17(19-11)10-18-16(20)8-6-13-5-7-14(21-3)15(9-13)22-4/h5,7,9H,6,8,10H2,1-4H3,(H,18,20). The Balaban J connectivity index is 1.84. The number of carbonyl (C=O) groups is 1. The van der Waals surface area contributed by atoms with Crippen LogP contribution in [-0.4, -0.2) is 25.1 Å². The van der Waals surface area contributed by atoms with E-state index in [0.29, 0.717) is 30.9 Å². The lowest BCUT2D eigenvalue weighted by molar-refractivity contribution is -0.121. The van der Waals surface area contributed by atoms with E-state index in [1.54, 1.807) is 25.6 Å². The number of amides is 1. The molecule has 0 aliphatic carbocycles. The monoisotopic (exact) mass is 334 g/mol. The van der Waals surface area contributed by atoms with Gasteiger partial charge in [0.2, 0.25) is 5.91 Å². The number of nitrogens with zero attached hydrogens (tertiary/aromatic N) is 1. The van der Waals surface area contributed by atoms with Gasteiger partial charge in [-0.3, -0.25) is 4.79 Å². The van der Waals surface area contributed by atoms with Crippen LogP contribution in [0.1, 0.15) is 27.6 Å². The van der Waals surface area contributed by atoms with Crippen LogP contribution in [0.25, 0.3) is 0 Å². The molecule has 0 bridgehead atoms. The summed E-state index contributed by atoms with van der Waals surface area (Å²) in [5, 5.41) is 3.86. The number of nitrogens with one attached hydrogen (secondary N) is 1. The van der Waals surface area contributed by atoms with Crippen molar-refractivity contribution in [2.45, 2.75) is 33.2 Å². The summed E-state index contributed by atoms with van der Waals surface area (Å²) < 4.78 is 10.5. The normalized spacial score (nSPS) is 10.4. The van der Waals surface area contributed by atoms with Crippen LogP contribution in [0.5, 0.6) is 11.5 Å². The largest absolute Gasteiger partial charge is 0.493 e. The lowest BCUT2D eigenvalue weighted by Crippen LogP contribution is -2.22. The van der Waals surface area contributed by atoms with Crippen molar-refractivity contribution in [3.63, 3.8) is 0 Å². The van der Waals surface area contributed by atoms with Gasteiger partial charge >= 0.3 is 0 Å². The van der Waals surface area contributed by atoms with Gasteiger partial charge in [0.05, 0.1) is 26.5 Å². The first-order valence-corrected chi connectivity index (χ1v) is 8.25. The second-order valence-electron chi connectivity index (χ2n) is 5.22. The molecule has 2 rings (SSSR count). The molecule has 0 aliphatic rings. The van der Waals surface area contributed by atoms with E-state index in [2.05, 4.69) is 10.3 Å². The first-order valence-electron chi connectivity index (χ1n) is 7.44. The molecule has 1 aromatic heterocycles. The molecule has 23 heavy (non-hydrogen) atoms. The molecule has 1 amide bonds. The second-order valence-corrected chi connectivity index (χ2v) is 6.50. The molecule has 0 atom stereocenters. The molecule has 0 saturated heterocycles. The number of hydrogen-bond donors (Lipinski definition) is 1. The molecule has 1 N–H and O–H groups in total. The highest BCUT2D eigenvalue weighted by atomic mass is 32.1. The zero-order chi connectivity index (χ0) is 16.8. The van der Waals surface area contributed by atoms with E-state index < -0.39 is 0 Å². The first-order chi connectivity index (χ1) is 11.0. The summed E-state index contributed by atoms with van der Waals surface area (Å²) in [7, 11) is 3.21. The third-order valence-corrected chi connectivity index (χ3v) is 4.67. The van der Waals surface area contributed by atoms with Gasteiger partial charge in [-0.2, -0.15) is 0 Å². The lowest BCUT2D eigenvalue weighted by atomic mass is 10.1. The molecule has 0 fully saturated rings. The van der Waals surface area contributed by atoms with Crippen LogP contribution in [0.4, 0.5) is 0 Å². The Hall–Kier alpha value is -2.08. The van der Waals surface area contributed by atoms with Gasteiger partial charge in [0.25, 0.3) is 0 Å². The Morgan fingerprint density at radius 1 is 1.22 bits per heavy atom. The van der Waals surface area contributed by atoms with Crippen LogP contribution in [0.3, 0.4) is 0 Å². The molecule has 0 radical (unpaired) electrons. The summed E-state index contributed by atoms with van der Waals surface area (Å²) >= 11 is 1.62. The number of ether oxygens (including phenoxy) is 2. The van der Waals surface area contributed by atoms with Crippen molar-refractivity contribution in [1.29, 1.82) is 0 Å². The fraction of sp³-hybridized carbons (Fsp3) is 0.412. The van der Waals surface area contributed by atoms with Gasteiger partial charge in [-0.1, -0.05) is 6.07 Å². The summed E-state index contributed by atoms with van der Waals surface area (Å²) in [6, 6.07) is 5.70. The number of methoxy groups -OCH3 is 2. The fourth-order valence-corrected chi connectivity index (χ4v) is 3.05. The summed E-state index contributed by atoms with van der Waals surface area (Å²) in [5.74, 6) is 1.39. The van der Waals surface area contributed by atoms with Gasteiger partial charge in [0.1, 0.15) is 5.01 Å². The third kappa shape index (κ3) is 4.69. The average molecular weight is 334 g/mol. The maximum atomic E-state index is 12.0. The highest BCUT2D eigenvalue weighted by Crippen LogP contribution is 2.27. The predicted molar refractivity (Wildman–Crippen MR) is 91.3 cm³/mol. The molecule has 2 aromatic rings. The number of hydrogen-bond acceptors (Lipinski definition) is 5. The quantitative estimate of drug-likeness (QED) is 0.845. The molecular formula is C17H22N2O3S. The number of aryl methyl sites for hydroxylation is 3. The van der Waals surface area contributed by atoms with Crippen molar-refractivity contribution >= 4 is 17.2 Å². The fourth-order valence-electron chi connectivity index (χ4n) is 2.17. The topological polar surface area (TPSA) is 60.5 Å². The van der Waals surface area contributed by atoms with Gasteiger partial charge in [-0.05, 0) is 38.0 Å². The summed E-state index contributed by atoms with van der Waals surface area (Å²) in [6.07, 6.45) is 1.08. The molecule has 0 unspecified atom stereocenters. The van der Waals surface area contributed by atoms with Crippen molar-refractivity contribution in [2.75, 3.05) is 14.2 Å². The molecule has 0 spiro atoms. The second kappa shape index (κ2) is 7.97. The molecule has 5 nitrogen and oxygen atoms in total. The van der Waals surface area contributed by atoms with Crippen LogP contribution in [0.2, 0.25) is 0 Å². The van der Waals surface area contributed by atoms with Crippen molar-refractivity contribution < 1.29 is 14.3 Å². The van der Waals surface area contributed by atoms with E-state index in [1.807, 2.05) is 32.0 Å². The van der Waals surface area contributed by atoms with Crippen LogP contribution in [0.15, 0.2) is 18.2 Å². The van der Waals surface area contributed by atoms with Crippen LogP contribution in [-0.2, 0) is 17.8 Å². The number of thiazole rings is 1. The van der Waals surface area contributed by atoms with Gasteiger partial charge in [0.15, 0.2) is 11.5 Å². The van der Waals surface area contributed by atoms with Crippen LogP contribution >= 0.6 is 11.3 Å². The molecule has 0 aliphatic heterocycles. The Kier molecular flexibility index (Phi) is 5.98. The molecule has 0 saturated carbocycles. The molecule has 124 valence electrons. The summed E-state index contributed by atoms with van der Waals surface area (Å²) in [5.41, 5.74) is 2.07. The van der Waals surface area contributed by atoms with Crippen LogP contribution < -0.4 is 14.8 Å². The Labute approximate surface area is 140 Å². The van der Waals surface area contributed by atoms with Crippen molar-refractivity contribution in [2.24, 2.45) is 0 Å². The molecule has 1 aromatic carbocycles. The van der Waals surface area contributed by atoms with Crippen molar-refractivity contribution in [1.82, 2.24) is 10.3 Å². The van der Waals surface area contributed by atoms with E-state index in [1.165, 1.54) is 4.88 Å².